The summed E-state index contributed by atoms with van der Waals surface area (Å²) in [6.07, 6.45) is 5.58. The van der Waals surface area contributed by atoms with Gasteiger partial charge in [-0.25, -0.2) is 0 Å². The second-order valence-electron chi connectivity index (χ2n) is 6.61. The lowest BCUT2D eigenvalue weighted by Gasteiger charge is -2.32. The van der Waals surface area contributed by atoms with E-state index in [9.17, 15) is 0 Å². The molecule has 1 saturated heterocycles. The Bertz CT molecular complexity index is 453. The van der Waals surface area contributed by atoms with E-state index >= 15 is 0 Å². The van der Waals surface area contributed by atoms with E-state index in [4.69, 9.17) is 11.0 Å². The fraction of sp³-hybridized carbons (Fsp3) is 0.611. The van der Waals surface area contributed by atoms with Crippen LogP contribution < -0.4 is 5.73 Å². The summed E-state index contributed by atoms with van der Waals surface area (Å²) >= 11 is 0. The third-order valence-corrected chi connectivity index (χ3v) is 4.50. The summed E-state index contributed by atoms with van der Waals surface area (Å²) in [7, 11) is 0. The van der Waals surface area contributed by atoms with Crippen molar-refractivity contribution in [3.63, 3.8) is 0 Å². The molecule has 1 aromatic rings. The number of hydrogen-bond acceptors (Lipinski definition) is 3. The van der Waals surface area contributed by atoms with Crippen LogP contribution in [0.5, 0.6) is 0 Å². The maximum atomic E-state index is 8.92. The van der Waals surface area contributed by atoms with Gasteiger partial charge in [-0.2, -0.15) is 5.26 Å². The van der Waals surface area contributed by atoms with Gasteiger partial charge in [-0.05, 0) is 70.1 Å². The number of rotatable bonds is 6. The van der Waals surface area contributed by atoms with Crippen LogP contribution in [0.1, 0.15) is 38.2 Å². The second-order valence-corrected chi connectivity index (χ2v) is 6.61. The Balaban J connectivity index is 1.66. The first-order chi connectivity index (χ1) is 10.1. The molecule has 0 spiro atoms. The number of nitrogens with two attached hydrogens (primary N) is 1. The van der Waals surface area contributed by atoms with Crippen molar-refractivity contribution in [2.24, 2.45) is 11.7 Å². The quantitative estimate of drug-likeness (QED) is 0.874. The maximum Gasteiger partial charge on any atom is 0.101 e. The molecular weight excluding hydrogens is 258 g/mol. The largest absolute Gasteiger partial charge is 0.314 e. The molecule has 114 valence electrons. The number of likely N-dealkylation sites (tertiary alicyclic amines) is 1. The van der Waals surface area contributed by atoms with Gasteiger partial charge < -0.3 is 10.6 Å². The SMILES string of the molecule is CC(N)(C#N)CCCN1CCC(Cc2ccccc2)CC1. The molecule has 1 aliphatic heterocycles. The molecule has 0 aliphatic carbocycles. The normalized spacial score (nSPS) is 19.9. The first-order valence-electron chi connectivity index (χ1n) is 8.05. The van der Waals surface area contributed by atoms with Crippen molar-refractivity contribution in [2.45, 2.75) is 44.6 Å². The van der Waals surface area contributed by atoms with Gasteiger partial charge in [0.05, 0.1) is 6.07 Å². The Morgan fingerprint density at radius 2 is 1.95 bits per heavy atom. The molecule has 0 bridgehead atoms. The van der Waals surface area contributed by atoms with Crippen molar-refractivity contribution in [3.05, 3.63) is 35.9 Å². The third-order valence-electron chi connectivity index (χ3n) is 4.50. The standard InChI is InChI=1S/C18H27N3/c1-18(20,15-19)10-5-11-21-12-8-17(9-13-21)14-16-6-3-2-4-7-16/h2-4,6-7,17H,5,8-14,20H2,1H3. The van der Waals surface area contributed by atoms with Crippen molar-refractivity contribution in [1.29, 1.82) is 5.26 Å². The lowest BCUT2D eigenvalue weighted by atomic mass is 9.90. The first-order valence-corrected chi connectivity index (χ1v) is 8.05. The molecule has 1 fully saturated rings. The van der Waals surface area contributed by atoms with Gasteiger partial charge in [-0.3, -0.25) is 0 Å². The molecule has 1 aromatic carbocycles. The Morgan fingerprint density at radius 1 is 1.29 bits per heavy atom. The number of nitrogens with zero attached hydrogens (tertiary/aromatic N) is 2. The smallest absolute Gasteiger partial charge is 0.101 e. The maximum absolute atomic E-state index is 8.92. The first kappa shape index (κ1) is 16.0. The zero-order chi connectivity index (χ0) is 15.1. The van der Waals surface area contributed by atoms with E-state index in [0.717, 1.165) is 25.3 Å². The Hall–Kier alpha value is -1.37. The van der Waals surface area contributed by atoms with Crippen molar-refractivity contribution in [1.82, 2.24) is 4.90 Å². The van der Waals surface area contributed by atoms with Gasteiger partial charge in [0.15, 0.2) is 0 Å². The molecule has 1 heterocycles. The number of hydrogen-bond donors (Lipinski definition) is 1. The molecular formula is C18H27N3. The fourth-order valence-electron chi connectivity index (χ4n) is 3.09. The van der Waals surface area contributed by atoms with E-state index in [1.165, 1.54) is 37.9 Å². The molecule has 2 rings (SSSR count). The fourth-order valence-corrected chi connectivity index (χ4v) is 3.09. The number of benzene rings is 1. The molecule has 1 aliphatic rings. The van der Waals surface area contributed by atoms with Gasteiger partial charge in [0.25, 0.3) is 0 Å². The minimum atomic E-state index is -0.661. The lowest BCUT2D eigenvalue weighted by molar-refractivity contribution is 0.179. The third kappa shape index (κ3) is 5.49. The summed E-state index contributed by atoms with van der Waals surface area (Å²) < 4.78 is 0. The van der Waals surface area contributed by atoms with Crippen LogP contribution in [0.2, 0.25) is 0 Å². The van der Waals surface area contributed by atoms with Crippen LogP contribution in [-0.4, -0.2) is 30.1 Å². The minimum absolute atomic E-state index is 0.661. The molecule has 2 N–H and O–H groups in total. The zero-order valence-corrected chi connectivity index (χ0v) is 13.1. The van der Waals surface area contributed by atoms with Crippen molar-refractivity contribution >= 4 is 0 Å². The predicted octanol–water partition coefficient (Wildman–Crippen LogP) is 2.96. The zero-order valence-electron chi connectivity index (χ0n) is 13.1. The van der Waals surface area contributed by atoms with Crippen LogP contribution >= 0.6 is 0 Å². The van der Waals surface area contributed by atoms with Crippen LogP contribution in [0, 0.1) is 17.2 Å². The molecule has 3 heteroatoms. The lowest BCUT2D eigenvalue weighted by Crippen LogP contribution is -2.38. The molecule has 0 saturated carbocycles. The number of nitriles is 1. The van der Waals surface area contributed by atoms with Gasteiger partial charge in [0, 0.05) is 0 Å². The number of piperidine rings is 1. The van der Waals surface area contributed by atoms with Gasteiger partial charge in [-0.15, -0.1) is 0 Å². The van der Waals surface area contributed by atoms with E-state index in [1.807, 2.05) is 6.92 Å². The molecule has 1 unspecified atom stereocenters. The van der Waals surface area contributed by atoms with Crippen molar-refractivity contribution in [2.75, 3.05) is 19.6 Å². The Labute approximate surface area is 128 Å². The highest BCUT2D eigenvalue weighted by molar-refractivity contribution is 5.15. The average Bonchev–Trinajstić information content (AvgIpc) is 2.50. The van der Waals surface area contributed by atoms with Crippen LogP contribution in [0.25, 0.3) is 0 Å². The molecule has 21 heavy (non-hydrogen) atoms. The Kier molecular flexibility index (Phi) is 5.78. The predicted molar refractivity (Wildman–Crippen MR) is 86.7 cm³/mol. The minimum Gasteiger partial charge on any atom is -0.314 e. The summed E-state index contributed by atoms with van der Waals surface area (Å²) in [5.74, 6) is 0.822. The van der Waals surface area contributed by atoms with Gasteiger partial charge >= 0.3 is 0 Å². The molecule has 0 amide bonds. The summed E-state index contributed by atoms with van der Waals surface area (Å²) in [6, 6.07) is 13.0. The van der Waals surface area contributed by atoms with E-state index < -0.39 is 5.54 Å². The molecule has 0 aromatic heterocycles. The summed E-state index contributed by atoms with van der Waals surface area (Å²) in [5, 5.41) is 8.92. The summed E-state index contributed by atoms with van der Waals surface area (Å²) in [5.41, 5.74) is 6.66. The Morgan fingerprint density at radius 3 is 2.57 bits per heavy atom. The average molecular weight is 285 g/mol. The van der Waals surface area contributed by atoms with Crippen molar-refractivity contribution < 1.29 is 0 Å². The monoisotopic (exact) mass is 285 g/mol. The van der Waals surface area contributed by atoms with Gasteiger partial charge in [0.2, 0.25) is 0 Å². The van der Waals surface area contributed by atoms with E-state index in [2.05, 4.69) is 41.3 Å². The van der Waals surface area contributed by atoms with Crippen LogP contribution in [0.4, 0.5) is 0 Å². The van der Waals surface area contributed by atoms with Crippen molar-refractivity contribution in [3.8, 4) is 6.07 Å². The highest BCUT2D eigenvalue weighted by Crippen LogP contribution is 2.22. The highest BCUT2D eigenvalue weighted by Gasteiger charge is 2.21. The van der Waals surface area contributed by atoms with E-state index in [1.54, 1.807) is 0 Å². The summed E-state index contributed by atoms with van der Waals surface area (Å²) in [4.78, 5) is 2.52. The second kappa shape index (κ2) is 7.59. The molecule has 1 atom stereocenters. The molecule has 0 radical (unpaired) electrons. The van der Waals surface area contributed by atoms with Crippen LogP contribution in [0.15, 0.2) is 30.3 Å². The molecule has 3 nitrogen and oxygen atoms in total. The summed E-state index contributed by atoms with van der Waals surface area (Å²) in [6.45, 7) is 5.27. The highest BCUT2D eigenvalue weighted by atomic mass is 15.1. The van der Waals surface area contributed by atoms with Gasteiger partial charge in [0.1, 0.15) is 5.54 Å². The van der Waals surface area contributed by atoms with E-state index in [0.29, 0.717) is 0 Å². The van der Waals surface area contributed by atoms with E-state index in [-0.39, 0.29) is 0 Å². The van der Waals surface area contributed by atoms with Crippen LogP contribution in [0.3, 0.4) is 0 Å². The van der Waals surface area contributed by atoms with Crippen LogP contribution in [-0.2, 0) is 6.42 Å². The van der Waals surface area contributed by atoms with Gasteiger partial charge in [-0.1, -0.05) is 30.3 Å². The topological polar surface area (TPSA) is 53.1 Å².